The highest BCUT2D eigenvalue weighted by atomic mass is 79.9. The maximum Gasteiger partial charge on any atom is 0.134 e. The van der Waals surface area contributed by atoms with E-state index in [1.54, 1.807) is 6.07 Å². The molecule has 0 fully saturated rings. The predicted molar refractivity (Wildman–Crippen MR) is 61.7 cm³/mol. The van der Waals surface area contributed by atoms with E-state index in [4.69, 9.17) is 11.6 Å². The third-order valence-electron chi connectivity index (χ3n) is 1.67. The molecule has 0 aromatic carbocycles. The van der Waals surface area contributed by atoms with Gasteiger partial charge in [-0.25, -0.2) is 4.98 Å². The van der Waals surface area contributed by atoms with Gasteiger partial charge in [0.1, 0.15) is 11.3 Å². The Bertz CT molecular complexity index is 324. The van der Waals surface area contributed by atoms with Crippen LogP contribution in [0.25, 0.3) is 0 Å². The van der Waals surface area contributed by atoms with Gasteiger partial charge < -0.3 is 10.2 Å². The molecule has 78 valence electrons. The molecule has 3 nitrogen and oxygen atoms in total. The molecule has 1 heterocycles. The Hall–Kier alpha value is 0.320. The van der Waals surface area contributed by atoms with E-state index in [2.05, 4.69) is 36.8 Å². The second kappa shape index (κ2) is 5.42. The summed E-state index contributed by atoms with van der Waals surface area (Å²) in [5, 5.41) is 19.5. The second-order valence-corrected chi connectivity index (χ2v) is 4.62. The van der Waals surface area contributed by atoms with Crippen molar-refractivity contribution in [1.29, 1.82) is 0 Å². The Labute approximate surface area is 103 Å². The van der Waals surface area contributed by atoms with Crippen molar-refractivity contribution in [3.05, 3.63) is 27.5 Å². The van der Waals surface area contributed by atoms with Crippen LogP contribution < -0.4 is 0 Å². The van der Waals surface area contributed by atoms with Crippen LogP contribution >= 0.6 is 43.5 Å². The number of halogens is 3. The van der Waals surface area contributed by atoms with Crippen LogP contribution in [-0.2, 0) is 0 Å². The minimum atomic E-state index is -1.04. The maximum absolute atomic E-state index is 9.67. The number of rotatable bonds is 3. The molecule has 1 aromatic heterocycles. The fourth-order valence-electron chi connectivity index (χ4n) is 0.937. The predicted octanol–water partition coefficient (Wildman–Crippen LogP) is 2.29. The van der Waals surface area contributed by atoms with Gasteiger partial charge in [0.15, 0.2) is 0 Å². The first-order valence-corrected chi connectivity index (χ1v) is 6.08. The van der Waals surface area contributed by atoms with Crippen molar-refractivity contribution in [2.24, 2.45) is 0 Å². The first-order valence-electron chi connectivity index (χ1n) is 3.79. The summed E-state index contributed by atoms with van der Waals surface area (Å²) in [5.41, 5.74) is 0.410. The van der Waals surface area contributed by atoms with Crippen LogP contribution in [0.1, 0.15) is 11.7 Å². The highest BCUT2D eigenvalue weighted by Gasteiger charge is 2.20. The lowest BCUT2D eigenvalue weighted by Crippen LogP contribution is -2.20. The van der Waals surface area contributed by atoms with Gasteiger partial charge in [-0.05, 0) is 22.0 Å². The van der Waals surface area contributed by atoms with Crippen molar-refractivity contribution in [2.75, 3.05) is 5.33 Å². The van der Waals surface area contributed by atoms with Crippen LogP contribution in [0.3, 0.4) is 0 Å². The van der Waals surface area contributed by atoms with Crippen molar-refractivity contribution in [3.8, 4) is 0 Å². The Morgan fingerprint density at radius 3 is 2.71 bits per heavy atom. The summed E-state index contributed by atoms with van der Waals surface area (Å²) in [4.78, 5) is 3.85. The van der Waals surface area contributed by atoms with E-state index in [9.17, 15) is 10.2 Å². The van der Waals surface area contributed by atoms with Crippen molar-refractivity contribution < 1.29 is 10.2 Å². The van der Waals surface area contributed by atoms with Gasteiger partial charge in [-0.3, -0.25) is 0 Å². The van der Waals surface area contributed by atoms with E-state index in [-0.39, 0.29) is 10.5 Å². The molecule has 2 atom stereocenters. The molecule has 0 aliphatic heterocycles. The Morgan fingerprint density at radius 2 is 2.14 bits per heavy atom. The van der Waals surface area contributed by atoms with Crippen LogP contribution in [0.2, 0.25) is 5.15 Å². The summed E-state index contributed by atoms with van der Waals surface area (Å²) >= 11 is 12.1. The van der Waals surface area contributed by atoms with E-state index in [0.717, 1.165) is 0 Å². The van der Waals surface area contributed by atoms with Gasteiger partial charge in [-0.15, -0.1) is 0 Å². The number of pyridine rings is 1. The molecule has 0 saturated carbocycles. The molecular formula is C8H8Br2ClNO2. The fourth-order valence-corrected chi connectivity index (χ4v) is 1.86. The number of hydrogen-bond acceptors (Lipinski definition) is 3. The number of hydrogen-bond donors (Lipinski definition) is 2. The maximum atomic E-state index is 9.67. The lowest BCUT2D eigenvalue weighted by Gasteiger charge is -2.16. The van der Waals surface area contributed by atoms with Gasteiger partial charge in [-0.1, -0.05) is 27.5 Å². The molecule has 0 aliphatic rings. The summed E-state index contributed by atoms with van der Waals surface area (Å²) in [6.07, 6.45) is -0.408. The van der Waals surface area contributed by atoms with Crippen LogP contribution in [0.5, 0.6) is 0 Å². The smallest absolute Gasteiger partial charge is 0.134 e. The Kier molecular flexibility index (Phi) is 4.79. The summed E-state index contributed by atoms with van der Waals surface area (Å²) in [6.45, 7) is 0. The highest BCUT2D eigenvalue weighted by molar-refractivity contribution is 9.10. The zero-order valence-corrected chi connectivity index (χ0v) is 10.9. The van der Waals surface area contributed by atoms with Gasteiger partial charge in [0.05, 0.1) is 6.10 Å². The topological polar surface area (TPSA) is 53.4 Å². The average Bonchev–Trinajstić information content (AvgIpc) is 2.19. The first kappa shape index (κ1) is 12.4. The number of alkyl halides is 1. The van der Waals surface area contributed by atoms with Gasteiger partial charge in [0.25, 0.3) is 0 Å². The fraction of sp³-hybridized carbons (Fsp3) is 0.375. The highest BCUT2D eigenvalue weighted by Crippen LogP contribution is 2.26. The molecule has 14 heavy (non-hydrogen) atoms. The third-order valence-corrected chi connectivity index (χ3v) is 3.09. The largest absolute Gasteiger partial charge is 0.389 e. The molecule has 0 saturated heterocycles. The van der Waals surface area contributed by atoms with Gasteiger partial charge in [0, 0.05) is 21.6 Å². The molecule has 0 aliphatic carbocycles. The molecule has 6 heteroatoms. The summed E-state index contributed by atoms with van der Waals surface area (Å²) < 4.78 is 0.706. The van der Waals surface area contributed by atoms with Crippen molar-refractivity contribution in [2.45, 2.75) is 12.2 Å². The Balaban J connectivity index is 2.99. The number of aromatic nitrogens is 1. The second-order valence-electron chi connectivity index (χ2n) is 2.70. The van der Waals surface area contributed by atoms with Gasteiger partial charge in [0.2, 0.25) is 0 Å². The van der Waals surface area contributed by atoms with Crippen LogP contribution in [0, 0.1) is 0 Å². The quantitative estimate of drug-likeness (QED) is 0.653. The summed E-state index contributed by atoms with van der Waals surface area (Å²) in [6, 6.07) is 1.63. The van der Waals surface area contributed by atoms with Crippen molar-refractivity contribution in [1.82, 2.24) is 4.98 Å². The van der Waals surface area contributed by atoms with E-state index in [0.29, 0.717) is 10.0 Å². The Morgan fingerprint density at radius 1 is 1.50 bits per heavy atom. The monoisotopic (exact) mass is 343 g/mol. The normalized spacial score (nSPS) is 15.2. The molecule has 0 bridgehead atoms. The van der Waals surface area contributed by atoms with E-state index < -0.39 is 12.2 Å². The zero-order valence-electron chi connectivity index (χ0n) is 6.99. The molecule has 0 amide bonds. The molecule has 1 rings (SSSR count). The third kappa shape index (κ3) is 2.90. The van der Waals surface area contributed by atoms with E-state index in [1.807, 2.05) is 0 Å². The van der Waals surface area contributed by atoms with Crippen LogP contribution in [0.4, 0.5) is 0 Å². The molecule has 2 N–H and O–H groups in total. The molecular weight excluding hydrogens is 337 g/mol. The van der Waals surface area contributed by atoms with Gasteiger partial charge in [-0.2, -0.15) is 0 Å². The van der Waals surface area contributed by atoms with Gasteiger partial charge >= 0.3 is 0 Å². The van der Waals surface area contributed by atoms with Crippen LogP contribution in [0.15, 0.2) is 16.7 Å². The van der Waals surface area contributed by atoms with E-state index in [1.165, 1.54) is 6.20 Å². The number of nitrogens with zero attached hydrogens (tertiary/aromatic N) is 1. The summed E-state index contributed by atoms with van der Waals surface area (Å²) in [5.74, 6) is 0. The van der Waals surface area contributed by atoms with Crippen molar-refractivity contribution >= 4 is 43.5 Å². The number of aliphatic hydroxyl groups excluding tert-OH is 2. The van der Waals surface area contributed by atoms with Crippen LogP contribution in [-0.4, -0.2) is 26.6 Å². The van der Waals surface area contributed by atoms with Crippen molar-refractivity contribution in [3.63, 3.8) is 0 Å². The minimum absolute atomic E-state index is 0.195. The average molecular weight is 345 g/mol. The SMILES string of the molecule is OC(CBr)C(O)c1cc(Br)cnc1Cl. The molecule has 2 unspecified atom stereocenters. The molecule has 0 spiro atoms. The lowest BCUT2D eigenvalue weighted by atomic mass is 10.1. The van der Waals surface area contributed by atoms with E-state index >= 15 is 0 Å². The standard InChI is InChI=1S/C8H8Br2ClNO2/c9-2-6(13)7(14)5-1-4(10)3-12-8(5)11/h1,3,6-7,13-14H,2H2. The first-order chi connectivity index (χ1) is 6.56. The summed E-state index contributed by atoms with van der Waals surface area (Å²) in [7, 11) is 0. The minimum Gasteiger partial charge on any atom is -0.389 e. The molecule has 0 radical (unpaired) electrons. The zero-order chi connectivity index (χ0) is 10.7. The lowest BCUT2D eigenvalue weighted by molar-refractivity contribution is 0.0341. The number of aliphatic hydroxyl groups is 2. The molecule has 1 aromatic rings.